The number of aliphatic carboxylic acids is 1. The highest BCUT2D eigenvalue weighted by atomic mass is 16.6. The number of carbonyl (C=O) groups is 1. The zero-order valence-corrected chi connectivity index (χ0v) is 8.75. The summed E-state index contributed by atoms with van der Waals surface area (Å²) in [7, 11) is 0. The Balaban J connectivity index is 0.000000437. The number of ether oxygens (including phenoxy) is 1. The van der Waals surface area contributed by atoms with Crippen molar-refractivity contribution in [1.29, 1.82) is 0 Å². The van der Waals surface area contributed by atoms with Gasteiger partial charge in [-0.3, -0.25) is 0 Å². The minimum atomic E-state index is -1.57. The van der Waals surface area contributed by atoms with Gasteiger partial charge in [0, 0.05) is 0 Å². The number of aliphatic hydroxyl groups excluding tert-OH is 6. The lowest BCUT2D eigenvalue weighted by molar-refractivity contribution is -0.286. The number of aliphatic hydroxyl groups is 6. The van der Waals surface area contributed by atoms with Crippen LogP contribution in [-0.2, 0) is 9.53 Å². The fourth-order valence-corrected chi connectivity index (χ4v) is 1.08. The molecule has 17 heavy (non-hydrogen) atoms. The van der Waals surface area contributed by atoms with E-state index in [-0.39, 0.29) is 0 Å². The molecule has 0 saturated carbocycles. The van der Waals surface area contributed by atoms with Crippen LogP contribution in [0.4, 0.5) is 0 Å². The number of hydrogen-bond acceptors (Lipinski definition) is 8. The van der Waals surface area contributed by atoms with Crippen molar-refractivity contribution in [2.45, 2.75) is 30.7 Å². The molecule has 102 valence electrons. The third-order valence-corrected chi connectivity index (χ3v) is 2.00. The zero-order chi connectivity index (χ0) is 13.6. The van der Waals surface area contributed by atoms with Crippen molar-refractivity contribution in [3.05, 3.63) is 0 Å². The topological polar surface area (TPSA) is 168 Å². The van der Waals surface area contributed by atoms with Gasteiger partial charge in [-0.15, -0.1) is 0 Å². The first-order valence-corrected chi connectivity index (χ1v) is 4.66. The lowest BCUT2D eigenvalue weighted by Crippen LogP contribution is -2.58. The van der Waals surface area contributed by atoms with Crippen LogP contribution in [0.3, 0.4) is 0 Å². The van der Waals surface area contributed by atoms with E-state index in [1.165, 1.54) is 0 Å². The van der Waals surface area contributed by atoms with E-state index in [0.29, 0.717) is 0 Å². The van der Waals surface area contributed by atoms with Crippen LogP contribution < -0.4 is 0 Å². The number of carboxylic acids is 1. The fourth-order valence-electron chi connectivity index (χ4n) is 1.08. The van der Waals surface area contributed by atoms with Crippen LogP contribution in [0.15, 0.2) is 0 Å². The van der Waals surface area contributed by atoms with Gasteiger partial charge >= 0.3 is 5.97 Å². The summed E-state index contributed by atoms with van der Waals surface area (Å²) in [4.78, 5) is 9.12. The van der Waals surface area contributed by atoms with Gasteiger partial charge < -0.3 is 40.5 Å². The molecule has 0 radical (unpaired) electrons. The highest BCUT2D eigenvalue weighted by Gasteiger charge is 2.42. The van der Waals surface area contributed by atoms with Crippen molar-refractivity contribution >= 4 is 5.97 Å². The van der Waals surface area contributed by atoms with Crippen LogP contribution in [0.2, 0.25) is 0 Å². The van der Waals surface area contributed by atoms with E-state index in [1.807, 2.05) is 0 Å². The Bertz CT molecular complexity index is 228. The molecule has 1 heterocycles. The monoisotopic (exact) mass is 256 g/mol. The fraction of sp³-hybridized carbons (Fsp3) is 0.875. The predicted octanol–water partition coefficient (Wildman–Crippen LogP) is -4.16. The standard InChI is InChI=1S/C6H12O6.C2H4O3/c7-1-2-3(8)4(9)5(10)6(11)12-2;3-1-2(4)5/h2-11H,1H2;3H,1H2,(H,4,5)/t2-,3-,4+,5-,6?;/m1./s1. The van der Waals surface area contributed by atoms with Crippen LogP contribution in [0.25, 0.3) is 0 Å². The van der Waals surface area contributed by atoms with Crippen LogP contribution in [0.1, 0.15) is 0 Å². The summed E-state index contributed by atoms with van der Waals surface area (Å²) in [5.74, 6) is -1.19. The van der Waals surface area contributed by atoms with E-state index in [1.54, 1.807) is 0 Å². The Morgan fingerprint density at radius 2 is 1.47 bits per heavy atom. The molecule has 0 amide bonds. The summed E-state index contributed by atoms with van der Waals surface area (Å²) in [6.07, 6.45) is -7.04. The average molecular weight is 256 g/mol. The van der Waals surface area contributed by atoms with Gasteiger partial charge in [-0.05, 0) is 0 Å². The van der Waals surface area contributed by atoms with Crippen LogP contribution >= 0.6 is 0 Å². The van der Waals surface area contributed by atoms with Crippen molar-refractivity contribution < 1.29 is 45.3 Å². The van der Waals surface area contributed by atoms with Gasteiger partial charge in [0.1, 0.15) is 31.0 Å². The summed E-state index contributed by atoms with van der Waals surface area (Å²) in [5, 5.41) is 59.7. The van der Waals surface area contributed by atoms with Gasteiger partial charge in [0.15, 0.2) is 6.29 Å². The smallest absolute Gasteiger partial charge is 0.329 e. The van der Waals surface area contributed by atoms with Gasteiger partial charge in [0.25, 0.3) is 0 Å². The van der Waals surface area contributed by atoms with E-state index in [2.05, 4.69) is 4.74 Å². The molecule has 1 unspecified atom stereocenters. The SMILES string of the molecule is O=C(O)CO.OC[C@H]1OC(O)[C@H](O)[C@@H](O)[C@@H]1O. The number of hydrogen-bond donors (Lipinski definition) is 7. The third-order valence-electron chi connectivity index (χ3n) is 2.00. The summed E-state index contributed by atoms with van der Waals surface area (Å²) in [6, 6.07) is 0. The van der Waals surface area contributed by atoms with E-state index in [0.717, 1.165) is 0 Å². The second kappa shape index (κ2) is 7.50. The normalized spacial score (nSPS) is 36.9. The molecule has 1 rings (SSSR count). The molecule has 1 aliphatic heterocycles. The summed E-state index contributed by atoms with van der Waals surface area (Å²) in [5.41, 5.74) is 0. The quantitative estimate of drug-likeness (QED) is 0.259. The second-order valence-electron chi connectivity index (χ2n) is 3.27. The Hall–Kier alpha value is -0.810. The van der Waals surface area contributed by atoms with Crippen LogP contribution in [0, 0.1) is 0 Å². The molecule has 9 nitrogen and oxygen atoms in total. The third kappa shape index (κ3) is 4.91. The largest absolute Gasteiger partial charge is 0.480 e. The first-order valence-electron chi connectivity index (χ1n) is 4.66. The van der Waals surface area contributed by atoms with Gasteiger partial charge in [0.05, 0.1) is 6.61 Å². The Labute approximate surface area is 96.1 Å². The first-order chi connectivity index (χ1) is 7.84. The lowest BCUT2D eigenvalue weighted by atomic mass is 10.00. The maximum atomic E-state index is 9.12. The molecule has 0 aliphatic carbocycles. The van der Waals surface area contributed by atoms with Crippen molar-refractivity contribution in [2.24, 2.45) is 0 Å². The molecule has 1 saturated heterocycles. The van der Waals surface area contributed by atoms with Crippen molar-refractivity contribution in [3.63, 3.8) is 0 Å². The molecule has 0 bridgehead atoms. The molecule has 5 atom stereocenters. The molecule has 0 spiro atoms. The molecule has 0 aromatic heterocycles. The van der Waals surface area contributed by atoms with Crippen LogP contribution in [0.5, 0.6) is 0 Å². The maximum Gasteiger partial charge on any atom is 0.329 e. The Morgan fingerprint density at radius 3 is 1.82 bits per heavy atom. The molecular weight excluding hydrogens is 240 g/mol. The Morgan fingerprint density at radius 1 is 1.00 bits per heavy atom. The highest BCUT2D eigenvalue weighted by molar-refractivity contribution is 5.67. The minimum Gasteiger partial charge on any atom is -0.480 e. The molecule has 0 aromatic rings. The van der Waals surface area contributed by atoms with Crippen molar-refractivity contribution in [2.75, 3.05) is 13.2 Å². The summed E-state index contributed by atoms with van der Waals surface area (Å²) in [6.45, 7) is -1.30. The lowest BCUT2D eigenvalue weighted by Gasteiger charge is -2.37. The number of carboxylic acid groups (broad SMARTS) is 1. The van der Waals surface area contributed by atoms with E-state index in [9.17, 15) is 0 Å². The highest BCUT2D eigenvalue weighted by Crippen LogP contribution is 2.18. The van der Waals surface area contributed by atoms with Gasteiger partial charge in [-0.25, -0.2) is 4.79 Å². The first kappa shape index (κ1) is 16.2. The van der Waals surface area contributed by atoms with Gasteiger partial charge in [-0.2, -0.15) is 0 Å². The second-order valence-corrected chi connectivity index (χ2v) is 3.27. The van der Waals surface area contributed by atoms with Gasteiger partial charge in [-0.1, -0.05) is 0 Å². The van der Waals surface area contributed by atoms with Crippen molar-refractivity contribution in [1.82, 2.24) is 0 Å². The summed E-state index contributed by atoms with van der Waals surface area (Å²) >= 11 is 0. The Kier molecular flexibility index (Phi) is 7.15. The van der Waals surface area contributed by atoms with Gasteiger partial charge in [0.2, 0.25) is 0 Å². The molecular formula is C8H16O9. The molecule has 0 aromatic carbocycles. The molecule has 7 N–H and O–H groups in total. The van der Waals surface area contributed by atoms with E-state index >= 15 is 0 Å². The summed E-state index contributed by atoms with van der Waals surface area (Å²) < 4.78 is 4.58. The minimum absolute atomic E-state index is 0.526. The maximum absolute atomic E-state index is 9.12. The van der Waals surface area contributed by atoms with E-state index in [4.69, 9.17) is 40.5 Å². The predicted molar refractivity (Wildman–Crippen MR) is 50.7 cm³/mol. The molecule has 1 fully saturated rings. The molecule has 1 aliphatic rings. The van der Waals surface area contributed by atoms with E-state index < -0.39 is 49.9 Å². The molecule has 9 heteroatoms. The zero-order valence-electron chi connectivity index (χ0n) is 8.75. The van der Waals surface area contributed by atoms with Crippen molar-refractivity contribution in [3.8, 4) is 0 Å². The average Bonchev–Trinajstić information content (AvgIpc) is 2.31. The number of rotatable bonds is 2. The van der Waals surface area contributed by atoms with Crippen LogP contribution in [-0.4, -0.2) is 85.6 Å².